The largest absolute Gasteiger partial charge is 0.409 e. The van der Waals surface area contributed by atoms with Crippen LogP contribution in [0.5, 0.6) is 0 Å². The van der Waals surface area contributed by atoms with Gasteiger partial charge in [-0.2, -0.15) is 13.2 Å². The lowest BCUT2D eigenvalue weighted by Gasteiger charge is -2.53. The zero-order valence-corrected chi connectivity index (χ0v) is 21.8. The number of ether oxygens (including phenoxy) is 1. The van der Waals surface area contributed by atoms with E-state index in [0.717, 1.165) is 50.1 Å². The summed E-state index contributed by atoms with van der Waals surface area (Å²) < 4.78 is 48.1. The van der Waals surface area contributed by atoms with Crippen LogP contribution >= 0.6 is 11.6 Å². The lowest BCUT2D eigenvalue weighted by atomic mass is 9.78. The molecule has 4 heterocycles. The van der Waals surface area contributed by atoms with Gasteiger partial charge in [-0.25, -0.2) is 10.4 Å². The molecule has 12 heteroatoms. The Morgan fingerprint density at radius 1 is 1.11 bits per heavy atom. The number of likely N-dealkylation sites (N-methyl/N-ethyl adjacent to an activating group) is 1. The Bertz CT molecular complexity index is 765. The van der Waals surface area contributed by atoms with E-state index < -0.39 is 24.0 Å². The minimum absolute atomic E-state index is 0.0142. The molecule has 4 saturated heterocycles. The van der Waals surface area contributed by atoms with Crippen molar-refractivity contribution in [2.24, 2.45) is 5.92 Å². The van der Waals surface area contributed by atoms with E-state index in [1.54, 1.807) is 0 Å². The Morgan fingerprint density at radius 3 is 2.53 bits per heavy atom. The number of carbonyl (C=O) groups is 1. The van der Waals surface area contributed by atoms with E-state index in [2.05, 4.69) is 20.7 Å². The zero-order valence-electron chi connectivity index (χ0n) is 21.1. The van der Waals surface area contributed by atoms with Crippen LogP contribution in [0, 0.1) is 5.92 Å². The fourth-order valence-electron chi connectivity index (χ4n) is 7.24. The minimum atomic E-state index is -4.44. The van der Waals surface area contributed by atoms with Crippen LogP contribution < -0.4 is 10.7 Å². The number of amides is 1. The van der Waals surface area contributed by atoms with Crippen LogP contribution in [0.1, 0.15) is 44.9 Å². The molecule has 5 aliphatic rings. The molecule has 5 atom stereocenters. The molecule has 4 aliphatic heterocycles. The highest BCUT2D eigenvalue weighted by atomic mass is 35.5. The average molecular weight is 537 g/mol. The molecule has 0 bridgehead atoms. The molecule has 0 aromatic heterocycles. The van der Waals surface area contributed by atoms with Crippen molar-refractivity contribution in [1.82, 2.24) is 30.5 Å². The van der Waals surface area contributed by atoms with Gasteiger partial charge in [-0.05, 0) is 51.0 Å². The molecule has 0 radical (unpaired) electrons. The monoisotopic (exact) mass is 536 g/mol. The number of piperidine rings is 1. The Hall–Kier alpha value is -0.690. The predicted octanol–water partition coefficient (Wildman–Crippen LogP) is 1.80. The summed E-state index contributed by atoms with van der Waals surface area (Å²) in [4.78, 5) is 18.2. The maximum Gasteiger partial charge on any atom is 0.409 e. The van der Waals surface area contributed by atoms with Gasteiger partial charge in [0.2, 0.25) is 5.91 Å². The smallest absolute Gasteiger partial charge is 0.379 e. The van der Waals surface area contributed by atoms with Crippen LogP contribution in [0.4, 0.5) is 13.2 Å². The highest BCUT2D eigenvalue weighted by Gasteiger charge is 2.51. The Labute approximate surface area is 216 Å². The molecule has 4 unspecified atom stereocenters. The van der Waals surface area contributed by atoms with Gasteiger partial charge in [-0.15, -0.1) is 11.6 Å². The number of carbonyl (C=O) groups excluding carboxylic acids is 1. The third kappa shape index (κ3) is 5.67. The quantitative estimate of drug-likeness (QED) is 0.410. The highest BCUT2D eigenvalue weighted by molar-refractivity contribution is 6.20. The number of halogens is 4. The fraction of sp³-hybridized carbons (Fsp3) is 0.958. The van der Waals surface area contributed by atoms with Gasteiger partial charge in [0.15, 0.2) is 0 Å². The molecular formula is C24H40ClF3N6O2. The lowest BCUT2D eigenvalue weighted by molar-refractivity contribution is -0.202. The summed E-state index contributed by atoms with van der Waals surface area (Å²) >= 11 is 6.35. The number of nitrogens with one attached hydrogen (secondary N) is 2. The fourth-order valence-corrected chi connectivity index (χ4v) is 7.52. The van der Waals surface area contributed by atoms with Crippen molar-refractivity contribution in [1.29, 1.82) is 0 Å². The molecule has 36 heavy (non-hydrogen) atoms. The van der Waals surface area contributed by atoms with E-state index in [-0.39, 0.29) is 24.3 Å². The van der Waals surface area contributed by atoms with Crippen molar-refractivity contribution in [3.8, 4) is 0 Å². The number of nitrogens with zero attached hydrogens (tertiary/aromatic N) is 4. The molecule has 206 valence electrons. The van der Waals surface area contributed by atoms with Gasteiger partial charge in [0.05, 0.1) is 31.4 Å². The first kappa shape index (κ1) is 26.9. The summed E-state index contributed by atoms with van der Waals surface area (Å²) in [5, 5.41) is 5.91. The number of rotatable bonds is 5. The SMILES string of the molecule is CN(C(=O)CN1CCOCC1)[C@@H](C1CCC(N2CCCC3C2CNC2CC(Cl)NN23)CC1)C(F)(F)F. The number of hydrogen-bond donors (Lipinski definition) is 2. The standard InChI is InChI=1S/C24H40ClF3N6O2/c1-31(22(35)15-32-9-11-36-12-10-32)23(24(26,27)28)16-4-6-17(7-5-16)33-8-2-3-18-19(33)14-29-21-13-20(25)30-34(18)21/h16-21,23,29-30H,2-15H2,1H3/t16?,17?,18?,19?,20?,21?,23-/m0/s1. The van der Waals surface area contributed by atoms with Gasteiger partial charge in [0.1, 0.15) is 6.04 Å². The van der Waals surface area contributed by atoms with Gasteiger partial charge in [0, 0.05) is 51.2 Å². The molecule has 0 aromatic rings. The summed E-state index contributed by atoms with van der Waals surface area (Å²) in [5.74, 6) is -1.02. The summed E-state index contributed by atoms with van der Waals surface area (Å²) in [6.07, 6.45) is 1.32. The third-order valence-corrected chi connectivity index (χ3v) is 9.30. The second-order valence-electron chi connectivity index (χ2n) is 11.1. The summed E-state index contributed by atoms with van der Waals surface area (Å²) in [6, 6.07) is -0.738. The van der Waals surface area contributed by atoms with Crippen LogP contribution in [-0.4, -0.2) is 121 Å². The van der Waals surface area contributed by atoms with Crippen molar-refractivity contribution in [2.75, 3.05) is 53.0 Å². The summed E-state index contributed by atoms with van der Waals surface area (Å²) in [6.45, 7) is 4.07. The molecule has 1 amide bonds. The topological polar surface area (TPSA) is 63.3 Å². The van der Waals surface area contributed by atoms with E-state index in [1.807, 2.05) is 4.90 Å². The molecule has 1 saturated carbocycles. The van der Waals surface area contributed by atoms with Crippen LogP contribution in [0.2, 0.25) is 0 Å². The van der Waals surface area contributed by atoms with Gasteiger partial charge in [-0.1, -0.05) is 0 Å². The Morgan fingerprint density at radius 2 is 1.83 bits per heavy atom. The van der Waals surface area contributed by atoms with Crippen molar-refractivity contribution in [3.05, 3.63) is 0 Å². The molecule has 8 nitrogen and oxygen atoms in total. The molecule has 2 N–H and O–H groups in total. The second-order valence-corrected chi connectivity index (χ2v) is 11.7. The van der Waals surface area contributed by atoms with Gasteiger partial charge < -0.3 is 9.64 Å². The second kappa shape index (κ2) is 11.2. The Kier molecular flexibility index (Phi) is 8.37. The van der Waals surface area contributed by atoms with E-state index in [1.165, 1.54) is 7.05 Å². The molecular weight excluding hydrogens is 497 g/mol. The number of morpholine rings is 1. The number of alkyl halides is 4. The average Bonchev–Trinajstić information content (AvgIpc) is 3.25. The van der Waals surface area contributed by atoms with Crippen molar-refractivity contribution in [3.63, 3.8) is 0 Å². The summed E-state index contributed by atoms with van der Waals surface area (Å²) in [5.41, 5.74) is 3.35. The zero-order chi connectivity index (χ0) is 25.4. The van der Waals surface area contributed by atoms with Crippen LogP contribution in [-0.2, 0) is 9.53 Å². The van der Waals surface area contributed by atoms with Gasteiger partial charge in [0.25, 0.3) is 0 Å². The van der Waals surface area contributed by atoms with Crippen molar-refractivity contribution >= 4 is 17.5 Å². The first-order chi connectivity index (χ1) is 17.2. The van der Waals surface area contributed by atoms with Crippen LogP contribution in [0.25, 0.3) is 0 Å². The maximum atomic E-state index is 14.3. The first-order valence-electron chi connectivity index (χ1n) is 13.5. The Balaban J connectivity index is 1.20. The molecule has 5 rings (SSSR count). The molecule has 1 aliphatic carbocycles. The van der Waals surface area contributed by atoms with E-state index in [0.29, 0.717) is 51.2 Å². The summed E-state index contributed by atoms with van der Waals surface area (Å²) in [7, 11) is 1.33. The van der Waals surface area contributed by atoms with E-state index >= 15 is 0 Å². The molecule has 5 fully saturated rings. The van der Waals surface area contributed by atoms with E-state index in [4.69, 9.17) is 16.3 Å². The lowest BCUT2D eigenvalue weighted by Crippen LogP contribution is -2.70. The molecule has 0 spiro atoms. The van der Waals surface area contributed by atoms with Gasteiger partial charge in [-0.3, -0.25) is 19.9 Å². The number of fused-ring (bicyclic) bond motifs is 3. The van der Waals surface area contributed by atoms with Crippen LogP contribution in [0.15, 0.2) is 0 Å². The number of hydrogen-bond acceptors (Lipinski definition) is 7. The first-order valence-corrected chi connectivity index (χ1v) is 14.0. The normalized spacial score (nSPS) is 37.8. The van der Waals surface area contributed by atoms with Crippen LogP contribution in [0.3, 0.4) is 0 Å². The van der Waals surface area contributed by atoms with Crippen molar-refractivity contribution in [2.45, 2.75) is 87.0 Å². The highest BCUT2D eigenvalue weighted by Crippen LogP contribution is 2.41. The molecule has 0 aromatic carbocycles. The number of hydrazine groups is 1. The van der Waals surface area contributed by atoms with Gasteiger partial charge >= 0.3 is 6.18 Å². The van der Waals surface area contributed by atoms with E-state index in [9.17, 15) is 18.0 Å². The predicted molar refractivity (Wildman–Crippen MR) is 130 cm³/mol. The minimum Gasteiger partial charge on any atom is -0.379 e. The van der Waals surface area contributed by atoms with Crippen molar-refractivity contribution < 1.29 is 22.7 Å². The maximum absolute atomic E-state index is 14.3. The number of likely N-dealkylation sites (tertiary alicyclic amines) is 1. The third-order valence-electron chi connectivity index (χ3n) is 9.03.